The van der Waals surface area contributed by atoms with Crippen molar-refractivity contribution < 1.29 is 14.3 Å². The van der Waals surface area contributed by atoms with Crippen molar-refractivity contribution in [3.63, 3.8) is 0 Å². The van der Waals surface area contributed by atoms with E-state index in [4.69, 9.17) is 0 Å². The lowest BCUT2D eigenvalue weighted by molar-refractivity contribution is -0.0161. The molecule has 0 radical (unpaired) electrons. The number of aromatic nitrogens is 1. The molecular weight excluding hydrogens is 375 g/mol. The Morgan fingerprint density at radius 3 is 2.50 bits per heavy atom. The lowest BCUT2D eigenvalue weighted by Crippen LogP contribution is -2.47. The van der Waals surface area contributed by atoms with E-state index < -0.39 is 5.60 Å². The number of piperidine rings is 1. The number of carbonyl (C=O) groups is 1. The van der Waals surface area contributed by atoms with Crippen LogP contribution in [-0.2, 0) is 6.42 Å². The summed E-state index contributed by atoms with van der Waals surface area (Å²) >= 11 is 1.41. The maximum absolute atomic E-state index is 13.1. The fourth-order valence-electron chi connectivity index (χ4n) is 3.71. The molecule has 0 spiro atoms. The van der Waals surface area contributed by atoms with E-state index in [1.165, 1.54) is 35.8 Å². The molecule has 144 valence electrons. The molecule has 1 amide bonds. The largest absolute Gasteiger partial charge is 0.389 e. The summed E-state index contributed by atoms with van der Waals surface area (Å²) in [4.78, 5) is 14.3. The topological polar surface area (TPSA) is 53.4 Å². The van der Waals surface area contributed by atoms with Crippen molar-refractivity contribution in [2.24, 2.45) is 0 Å². The van der Waals surface area contributed by atoms with Gasteiger partial charge < -0.3 is 10.0 Å². The zero-order chi connectivity index (χ0) is 19.6. The van der Waals surface area contributed by atoms with E-state index in [-0.39, 0.29) is 11.7 Å². The van der Waals surface area contributed by atoms with Crippen molar-refractivity contribution in [1.29, 1.82) is 0 Å². The highest BCUT2D eigenvalue weighted by Gasteiger charge is 2.35. The molecule has 1 aliphatic heterocycles. The van der Waals surface area contributed by atoms with E-state index >= 15 is 0 Å². The number of aliphatic hydroxyl groups is 1. The Balaban J connectivity index is 1.45. The molecule has 1 fully saturated rings. The van der Waals surface area contributed by atoms with Gasteiger partial charge in [-0.25, -0.2) is 4.39 Å². The zero-order valence-electron chi connectivity index (χ0n) is 15.3. The summed E-state index contributed by atoms with van der Waals surface area (Å²) in [5.74, 6) is -0.478. The average molecular weight is 396 g/mol. The van der Waals surface area contributed by atoms with Crippen molar-refractivity contribution in [1.82, 2.24) is 9.27 Å². The molecule has 1 aromatic heterocycles. The molecule has 0 unspecified atom stereocenters. The third-order valence-electron chi connectivity index (χ3n) is 5.32. The van der Waals surface area contributed by atoms with Crippen LogP contribution in [0.3, 0.4) is 0 Å². The molecule has 2 heterocycles. The van der Waals surface area contributed by atoms with E-state index in [0.717, 1.165) is 16.8 Å². The Hall–Kier alpha value is -2.57. The van der Waals surface area contributed by atoms with Gasteiger partial charge in [0.1, 0.15) is 5.82 Å². The lowest BCUT2D eigenvalue weighted by Gasteiger charge is -2.38. The summed E-state index contributed by atoms with van der Waals surface area (Å²) in [7, 11) is 0. The van der Waals surface area contributed by atoms with Gasteiger partial charge in [-0.15, -0.1) is 0 Å². The standard InChI is InChI=1S/C22H21FN2O2S/c23-18-7-5-16(6-8-18)21(26)25-12-10-22(27,11-13-25)15-17-3-1-2-4-19(17)20-9-14-28-24-20/h1-9,14,27H,10-13,15H2. The van der Waals surface area contributed by atoms with Crippen LogP contribution in [0.4, 0.5) is 4.39 Å². The molecule has 28 heavy (non-hydrogen) atoms. The molecule has 0 saturated carbocycles. The van der Waals surface area contributed by atoms with Crippen LogP contribution in [0.25, 0.3) is 11.3 Å². The second-order valence-corrected chi connectivity index (χ2v) is 7.91. The second-order valence-electron chi connectivity index (χ2n) is 7.24. The van der Waals surface area contributed by atoms with Gasteiger partial charge in [0.05, 0.1) is 11.3 Å². The molecule has 1 aliphatic rings. The number of halogens is 1. The summed E-state index contributed by atoms with van der Waals surface area (Å²) < 4.78 is 17.5. The van der Waals surface area contributed by atoms with E-state index in [1.54, 1.807) is 4.90 Å². The maximum atomic E-state index is 13.1. The molecule has 0 atom stereocenters. The van der Waals surface area contributed by atoms with Gasteiger partial charge in [0.15, 0.2) is 0 Å². The fourth-order valence-corrected chi connectivity index (χ4v) is 4.23. The highest BCUT2D eigenvalue weighted by molar-refractivity contribution is 7.03. The van der Waals surface area contributed by atoms with Crippen molar-refractivity contribution in [3.8, 4) is 11.3 Å². The maximum Gasteiger partial charge on any atom is 0.253 e. The first kappa shape index (κ1) is 18.8. The minimum atomic E-state index is -0.855. The van der Waals surface area contributed by atoms with Gasteiger partial charge in [-0.3, -0.25) is 4.79 Å². The van der Waals surface area contributed by atoms with Gasteiger partial charge in [0.2, 0.25) is 0 Å². The van der Waals surface area contributed by atoms with Crippen LogP contribution in [0.5, 0.6) is 0 Å². The van der Waals surface area contributed by atoms with Crippen LogP contribution in [0.2, 0.25) is 0 Å². The highest BCUT2D eigenvalue weighted by atomic mass is 32.1. The fraction of sp³-hybridized carbons (Fsp3) is 0.273. The van der Waals surface area contributed by atoms with Crippen molar-refractivity contribution in [2.75, 3.05) is 13.1 Å². The molecule has 6 heteroatoms. The summed E-state index contributed by atoms with van der Waals surface area (Å²) in [6, 6.07) is 15.6. The Morgan fingerprint density at radius 2 is 1.82 bits per heavy atom. The number of nitrogens with zero attached hydrogens (tertiary/aromatic N) is 2. The molecular formula is C22H21FN2O2S. The van der Waals surface area contributed by atoms with Crippen LogP contribution in [0.15, 0.2) is 60.0 Å². The van der Waals surface area contributed by atoms with Crippen molar-refractivity contribution in [3.05, 3.63) is 76.9 Å². The predicted octanol–water partition coefficient (Wildman–Crippen LogP) is 4.16. The number of hydrogen-bond donors (Lipinski definition) is 1. The number of hydrogen-bond acceptors (Lipinski definition) is 4. The van der Waals surface area contributed by atoms with Crippen LogP contribution in [0, 0.1) is 5.82 Å². The van der Waals surface area contributed by atoms with Gasteiger partial charge in [-0.1, -0.05) is 24.3 Å². The van der Waals surface area contributed by atoms with Crippen LogP contribution in [0.1, 0.15) is 28.8 Å². The van der Waals surface area contributed by atoms with Crippen molar-refractivity contribution >= 4 is 17.4 Å². The molecule has 0 aliphatic carbocycles. The Bertz CT molecular complexity index is 949. The quantitative estimate of drug-likeness (QED) is 0.721. The number of benzene rings is 2. The average Bonchev–Trinajstić information content (AvgIpc) is 3.23. The first-order chi connectivity index (χ1) is 13.5. The Morgan fingerprint density at radius 1 is 1.11 bits per heavy atom. The predicted molar refractivity (Wildman–Crippen MR) is 108 cm³/mol. The number of amides is 1. The normalized spacial score (nSPS) is 16.1. The molecule has 3 aromatic rings. The summed E-state index contributed by atoms with van der Waals surface area (Å²) in [5, 5.41) is 13.1. The molecule has 4 nitrogen and oxygen atoms in total. The number of carbonyl (C=O) groups excluding carboxylic acids is 1. The number of rotatable bonds is 4. The third kappa shape index (κ3) is 3.98. The van der Waals surface area contributed by atoms with Gasteiger partial charge in [-0.2, -0.15) is 4.37 Å². The smallest absolute Gasteiger partial charge is 0.253 e. The first-order valence-corrected chi connectivity index (χ1v) is 10.1. The summed E-state index contributed by atoms with van der Waals surface area (Å²) in [6.45, 7) is 0.956. The summed E-state index contributed by atoms with van der Waals surface area (Å²) in [6.07, 6.45) is 1.54. The monoisotopic (exact) mass is 396 g/mol. The first-order valence-electron chi connectivity index (χ1n) is 9.30. The van der Waals surface area contributed by atoms with E-state index in [2.05, 4.69) is 4.37 Å². The molecule has 2 aromatic carbocycles. The Labute approximate surface area is 167 Å². The van der Waals surface area contributed by atoms with Gasteiger partial charge in [-0.05, 0) is 60.3 Å². The number of likely N-dealkylation sites (tertiary alicyclic amines) is 1. The highest BCUT2D eigenvalue weighted by Crippen LogP contribution is 2.31. The molecule has 0 bridgehead atoms. The van der Waals surface area contributed by atoms with Crippen LogP contribution < -0.4 is 0 Å². The van der Waals surface area contributed by atoms with Crippen LogP contribution >= 0.6 is 11.5 Å². The second kappa shape index (κ2) is 7.81. The van der Waals surface area contributed by atoms with E-state index in [0.29, 0.717) is 37.9 Å². The van der Waals surface area contributed by atoms with Crippen LogP contribution in [-0.4, -0.2) is 39.0 Å². The SMILES string of the molecule is O=C(c1ccc(F)cc1)N1CCC(O)(Cc2ccccc2-c2ccsn2)CC1. The van der Waals surface area contributed by atoms with Gasteiger partial charge in [0.25, 0.3) is 5.91 Å². The van der Waals surface area contributed by atoms with Gasteiger partial charge >= 0.3 is 0 Å². The van der Waals surface area contributed by atoms with E-state index in [9.17, 15) is 14.3 Å². The van der Waals surface area contributed by atoms with Gasteiger partial charge in [0, 0.05) is 36.0 Å². The minimum absolute atomic E-state index is 0.120. The molecule has 1 saturated heterocycles. The molecule has 1 N–H and O–H groups in total. The third-order valence-corrected chi connectivity index (χ3v) is 5.88. The lowest BCUT2D eigenvalue weighted by atomic mass is 9.83. The molecule has 4 rings (SSSR count). The van der Waals surface area contributed by atoms with Crippen molar-refractivity contribution in [2.45, 2.75) is 24.9 Å². The Kier molecular flexibility index (Phi) is 5.24. The van der Waals surface area contributed by atoms with E-state index in [1.807, 2.05) is 35.7 Å². The minimum Gasteiger partial charge on any atom is -0.389 e. The summed E-state index contributed by atoms with van der Waals surface area (Å²) in [5.41, 5.74) is 2.65. The zero-order valence-corrected chi connectivity index (χ0v) is 16.2.